The highest BCUT2D eigenvalue weighted by Crippen LogP contribution is 2.13. The second-order valence-corrected chi connectivity index (χ2v) is 4.03. The topological polar surface area (TPSA) is 118 Å². The number of hydrogen-bond acceptors (Lipinski definition) is 6. The Labute approximate surface area is 109 Å². The van der Waals surface area contributed by atoms with Gasteiger partial charge in [-0.3, -0.25) is 0 Å². The van der Waals surface area contributed by atoms with E-state index in [9.17, 15) is 25.2 Å². The minimum absolute atomic E-state index is 0.0264. The molecule has 0 heterocycles. The molecule has 19 heavy (non-hydrogen) atoms. The van der Waals surface area contributed by atoms with Gasteiger partial charge in [-0.1, -0.05) is 30.3 Å². The van der Waals surface area contributed by atoms with E-state index in [1.165, 1.54) is 6.08 Å². The number of carbonyl (C=O) groups excluding carboxylic acids is 1. The minimum atomic E-state index is -1.89. The summed E-state index contributed by atoms with van der Waals surface area (Å²) in [5, 5.41) is 47.1. The highest BCUT2D eigenvalue weighted by atomic mass is 16.4. The summed E-state index contributed by atoms with van der Waals surface area (Å²) in [6.07, 6.45) is -6.20. The molecule has 6 nitrogen and oxygen atoms in total. The van der Waals surface area contributed by atoms with Gasteiger partial charge in [0.1, 0.15) is 30.2 Å². The molecule has 0 aliphatic heterocycles. The Morgan fingerprint density at radius 1 is 1.00 bits per heavy atom. The van der Waals surface area contributed by atoms with Crippen molar-refractivity contribution in [2.45, 2.75) is 24.4 Å². The largest absolute Gasteiger partial charge is 0.509 e. The molecule has 0 aliphatic rings. The molecular formula is C13H16O6. The van der Waals surface area contributed by atoms with E-state index in [0.29, 0.717) is 5.56 Å². The fourth-order valence-corrected chi connectivity index (χ4v) is 1.45. The number of aliphatic hydroxyl groups excluding tert-OH is 5. The molecular weight excluding hydrogens is 252 g/mol. The molecule has 0 spiro atoms. The van der Waals surface area contributed by atoms with E-state index >= 15 is 0 Å². The van der Waals surface area contributed by atoms with E-state index < -0.39 is 30.2 Å². The maximum Gasteiger partial charge on any atom is 0.151 e. The Morgan fingerprint density at radius 3 is 2.11 bits per heavy atom. The van der Waals surface area contributed by atoms with Gasteiger partial charge < -0.3 is 30.3 Å². The van der Waals surface area contributed by atoms with Gasteiger partial charge in [-0.2, -0.15) is 0 Å². The number of rotatable bonds is 6. The van der Waals surface area contributed by atoms with Gasteiger partial charge in [0, 0.05) is 0 Å². The minimum Gasteiger partial charge on any atom is -0.509 e. The average Bonchev–Trinajstić information content (AvgIpc) is 2.44. The Balaban J connectivity index is 2.79. The molecule has 0 aromatic heterocycles. The van der Waals surface area contributed by atoms with Gasteiger partial charge in [0.2, 0.25) is 0 Å². The van der Waals surface area contributed by atoms with Crippen LogP contribution in [0.5, 0.6) is 0 Å². The lowest BCUT2D eigenvalue weighted by Gasteiger charge is -2.23. The molecule has 5 N–H and O–H groups in total. The SMILES string of the molecule is O=C[C@@H](O)[C@@H](O)[C@H](O)[C@H](O)C(O)=Cc1ccccc1. The summed E-state index contributed by atoms with van der Waals surface area (Å²) in [7, 11) is 0. The van der Waals surface area contributed by atoms with Crippen molar-refractivity contribution < 1.29 is 30.3 Å². The quantitative estimate of drug-likeness (QED) is 0.341. The van der Waals surface area contributed by atoms with Gasteiger partial charge in [-0.15, -0.1) is 0 Å². The van der Waals surface area contributed by atoms with E-state index in [1.807, 2.05) is 0 Å². The maximum atomic E-state index is 10.3. The predicted octanol–water partition coefficient (Wildman–Crippen LogP) is -0.772. The first-order valence-electron chi connectivity index (χ1n) is 5.60. The monoisotopic (exact) mass is 268 g/mol. The number of aliphatic hydroxyl groups is 5. The van der Waals surface area contributed by atoms with Crippen LogP contribution in [0.1, 0.15) is 5.56 Å². The van der Waals surface area contributed by atoms with Crippen LogP contribution in [0.2, 0.25) is 0 Å². The molecule has 0 fully saturated rings. The Hall–Kier alpha value is -1.73. The van der Waals surface area contributed by atoms with Crippen LogP contribution < -0.4 is 0 Å². The normalized spacial score (nSPS) is 18.4. The van der Waals surface area contributed by atoms with Gasteiger partial charge in [-0.05, 0) is 11.6 Å². The fraction of sp³-hybridized carbons (Fsp3) is 0.308. The maximum absolute atomic E-state index is 10.3. The van der Waals surface area contributed by atoms with Crippen molar-refractivity contribution in [3.05, 3.63) is 41.7 Å². The summed E-state index contributed by atoms with van der Waals surface area (Å²) in [4.78, 5) is 10.3. The summed E-state index contributed by atoms with van der Waals surface area (Å²) in [6, 6.07) is 8.52. The third kappa shape index (κ3) is 4.15. The first-order valence-corrected chi connectivity index (χ1v) is 5.60. The second-order valence-electron chi connectivity index (χ2n) is 4.03. The van der Waals surface area contributed by atoms with Crippen molar-refractivity contribution in [2.24, 2.45) is 0 Å². The molecule has 1 aromatic carbocycles. The lowest BCUT2D eigenvalue weighted by atomic mass is 10.0. The van der Waals surface area contributed by atoms with E-state index in [4.69, 9.17) is 5.11 Å². The molecule has 1 rings (SSSR count). The van der Waals surface area contributed by atoms with Gasteiger partial charge in [-0.25, -0.2) is 0 Å². The third-order valence-electron chi connectivity index (χ3n) is 2.58. The third-order valence-corrected chi connectivity index (χ3v) is 2.58. The number of benzene rings is 1. The van der Waals surface area contributed by atoms with Crippen molar-refractivity contribution in [3.8, 4) is 0 Å². The van der Waals surface area contributed by atoms with Gasteiger partial charge in [0.25, 0.3) is 0 Å². The zero-order valence-corrected chi connectivity index (χ0v) is 10.00. The van der Waals surface area contributed by atoms with Crippen LogP contribution in [0.3, 0.4) is 0 Å². The van der Waals surface area contributed by atoms with E-state index in [2.05, 4.69) is 0 Å². The first-order chi connectivity index (χ1) is 8.97. The number of aldehydes is 1. The Morgan fingerprint density at radius 2 is 1.58 bits per heavy atom. The molecule has 0 bridgehead atoms. The zero-order valence-electron chi connectivity index (χ0n) is 10.00. The second kappa shape index (κ2) is 7.01. The van der Waals surface area contributed by atoms with Crippen LogP contribution in [0.15, 0.2) is 36.1 Å². The number of hydrogen-bond donors (Lipinski definition) is 5. The summed E-state index contributed by atoms with van der Waals surface area (Å²) in [5.41, 5.74) is 0.580. The van der Waals surface area contributed by atoms with Crippen LogP contribution in [-0.2, 0) is 4.79 Å². The standard InChI is InChI=1S/C13H16O6/c14-7-10(16)12(18)13(19)11(17)9(15)6-8-4-2-1-3-5-8/h1-7,10-13,15-19H/t10-,11-,12-,13-/m1/s1. The van der Waals surface area contributed by atoms with Gasteiger partial charge >= 0.3 is 0 Å². The van der Waals surface area contributed by atoms with E-state index in [1.54, 1.807) is 30.3 Å². The van der Waals surface area contributed by atoms with E-state index in [0.717, 1.165) is 0 Å². The molecule has 6 heteroatoms. The average molecular weight is 268 g/mol. The van der Waals surface area contributed by atoms with Crippen molar-refractivity contribution in [3.63, 3.8) is 0 Å². The molecule has 0 amide bonds. The summed E-state index contributed by atoms with van der Waals surface area (Å²) < 4.78 is 0. The molecule has 0 aliphatic carbocycles. The van der Waals surface area contributed by atoms with Crippen molar-refractivity contribution in [1.29, 1.82) is 0 Å². The number of carbonyl (C=O) groups is 1. The zero-order chi connectivity index (χ0) is 14.4. The molecule has 0 unspecified atom stereocenters. The summed E-state index contributed by atoms with van der Waals surface area (Å²) >= 11 is 0. The molecule has 0 saturated carbocycles. The molecule has 4 atom stereocenters. The molecule has 0 radical (unpaired) electrons. The summed E-state index contributed by atoms with van der Waals surface area (Å²) in [5.74, 6) is -0.587. The predicted molar refractivity (Wildman–Crippen MR) is 67.1 cm³/mol. The lowest BCUT2D eigenvalue weighted by Crippen LogP contribution is -2.45. The summed E-state index contributed by atoms with van der Waals surface area (Å²) in [6.45, 7) is 0. The van der Waals surface area contributed by atoms with Crippen LogP contribution in [-0.4, -0.2) is 56.2 Å². The smallest absolute Gasteiger partial charge is 0.151 e. The highest BCUT2D eigenvalue weighted by molar-refractivity contribution is 5.57. The first kappa shape index (κ1) is 15.3. The molecule has 1 aromatic rings. The van der Waals surface area contributed by atoms with Gasteiger partial charge in [0.15, 0.2) is 6.29 Å². The lowest BCUT2D eigenvalue weighted by molar-refractivity contribution is -0.132. The van der Waals surface area contributed by atoms with Crippen molar-refractivity contribution in [2.75, 3.05) is 0 Å². The fourth-order valence-electron chi connectivity index (χ4n) is 1.45. The van der Waals surface area contributed by atoms with Crippen LogP contribution in [0.4, 0.5) is 0 Å². The van der Waals surface area contributed by atoms with Crippen LogP contribution >= 0.6 is 0 Å². The van der Waals surface area contributed by atoms with Gasteiger partial charge in [0.05, 0.1) is 0 Å². The molecule has 0 saturated heterocycles. The Bertz CT molecular complexity index is 430. The van der Waals surface area contributed by atoms with E-state index in [-0.39, 0.29) is 6.29 Å². The Kier molecular flexibility index (Phi) is 5.65. The molecule has 104 valence electrons. The van der Waals surface area contributed by atoms with Crippen LogP contribution in [0, 0.1) is 0 Å². The van der Waals surface area contributed by atoms with Crippen molar-refractivity contribution >= 4 is 12.4 Å². The highest BCUT2D eigenvalue weighted by Gasteiger charge is 2.32. The van der Waals surface area contributed by atoms with Crippen molar-refractivity contribution in [1.82, 2.24) is 0 Å². The van der Waals surface area contributed by atoms with Crippen LogP contribution in [0.25, 0.3) is 6.08 Å².